The zero-order chi connectivity index (χ0) is 18.6. The minimum Gasteiger partial charge on any atom is -0.492 e. The van der Waals surface area contributed by atoms with Gasteiger partial charge in [0.05, 0.1) is 13.2 Å². The van der Waals surface area contributed by atoms with Gasteiger partial charge in [0.25, 0.3) is 5.79 Å². The average Bonchev–Trinajstić information content (AvgIpc) is 2.59. The van der Waals surface area contributed by atoms with E-state index in [1.165, 1.54) is 19.9 Å². The zero-order valence-corrected chi connectivity index (χ0v) is 15.0. The second kappa shape index (κ2) is 7.88. The molecule has 0 N–H and O–H groups in total. The van der Waals surface area contributed by atoms with Crippen molar-refractivity contribution in [2.45, 2.75) is 19.6 Å². The Bertz CT molecular complexity index is 684. The third-order valence-electron chi connectivity index (χ3n) is 4.07. The van der Waals surface area contributed by atoms with Gasteiger partial charge in [0.1, 0.15) is 17.9 Å². The molecule has 7 nitrogen and oxygen atoms in total. The van der Waals surface area contributed by atoms with Gasteiger partial charge in [0.15, 0.2) is 0 Å². The summed E-state index contributed by atoms with van der Waals surface area (Å²) >= 11 is 0. The van der Waals surface area contributed by atoms with Gasteiger partial charge in [-0.1, -0.05) is 12.1 Å². The highest BCUT2D eigenvalue weighted by molar-refractivity contribution is 6.18. The predicted octanol–water partition coefficient (Wildman–Crippen LogP) is 1.62. The molecule has 2 heterocycles. The van der Waals surface area contributed by atoms with Crippen LogP contribution < -0.4 is 4.74 Å². The van der Waals surface area contributed by atoms with Gasteiger partial charge < -0.3 is 18.9 Å². The first-order valence-electron chi connectivity index (χ1n) is 8.64. The zero-order valence-electron chi connectivity index (χ0n) is 15.0. The van der Waals surface area contributed by atoms with Gasteiger partial charge in [-0.3, -0.25) is 4.90 Å². The van der Waals surface area contributed by atoms with Gasteiger partial charge in [-0.2, -0.15) is 0 Å². The third kappa shape index (κ3) is 4.83. The fourth-order valence-electron chi connectivity index (χ4n) is 2.76. The maximum atomic E-state index is 12.0. The van der Waals surface area contributed by atoms with Crippen molar-refractivity contribution < 1.29 is 28.5 Å². The number of ether oxygens (including phenoxy) is 4. The molecule has 0 spiro atoms. The summed E-state index contributed by atoms with van der Waals surface area (Å²) < 4.78 is 21.3. The largest absolute Gasteiger partial charge is 0.492 e. The van der Waals surface area contributed by atoms with E-state index in [2.05, 4.69) is 4.90 Å². The van der Waals surface area contributed by atoms with Crippen LogP contribution in [0.2, 0.25) is 0 Å². The number of carbonyl (C=O) groups is 2. The molecule has 0 bridgehead atoms. The number of cyclic esters (lactones) is 2. The molecule has 0 radical (unpaired) electrons. The lowest BCUT2D eigenvalue weighted by molar-refractivity contribution is -0.222. The summed E-state index contributed by atoms with van der Waals surface area (Å²) in [6, 6.07) is 7.19. The maximum absolute atomic E-state index is 12.0. The molecule has 0 amide bonds. The van der Waals surface area contributed by atoms with E-state index in [0.717, 1.165) is 32.8 Å². The fraction of sp³-hybridized carbons (Fsp3) is 0.474. The first-order chi connectivity index (χ1) is 12.4. The number of hydrogen-bond donors (Lipinski definition) is 0. The molecule has 2 saturated heterocycles. The summed E-state index contributed by atoms with van der Waals surface area (Å²) in [5.74, 6) is -1.95. The van der Waals surface area contributed by atoms with Gasteiger partial charge in [-0.25, -0.2) is 9.59 Å². The van der Waals surface area contributed by atoms with Crippen LogP contribution in [0.1, 0.15) is 19.4 Å². The van der Waals surface area contributed by atoms with Crippen molar-refractivity contribution in [2.75, 3.05) is 39.5 Å². The highest BCUT2D eigenvalue weighted by Crippen LogP contribution is 2.25. The number of morpholine rings is 1. The first kappa shape index (κ1) is 18.4. The summed E-state index contributed by atoms with van der Waals surface area (Å²) in [7, 11) is 0. The number of hydrogen-bond acceptors (Lipinski definition) is 7. The Labute approximate surface area is 152 Å². The lowest BCUT2D eigenvalue weighted by atomic mass is 10.1. The summed E-state index contributed by atoms with van der Waals surface area (Å²) in [6.07, 6.45) is 1.45. The van der Waals surface area contributed by atoms with Crippen molar-refractivity contribution in [1.82, 2.24) is 4.90 Å². The molecule has 26 heavy (non-hydrogen) atoms. The number of esters is 2. The molecule has 140 valence electrons. The Morgan fingerprint density at radius 3 is 2.54 bits per heavy atom. The van der Waals surface area contributed by atoms with Crippen LogP contribution >= 0.6 is 0 Å². The SMILES string of the molecule is CC1(C)OC(=O)C(=Cc2cccc(OCCN3CCOCC3)c2)C(=O)O1. The van der Waals surface area contributed by atoms with Crippen LogP contribution in [0.25, 0.3) is 6.08 Å². The molecule has 3 rings (SSSR count). The van der Waals surface area contributed by atoms with Crippen LogP contribution in [0.4, 0.5) is 0 Å². The first-order valence-corrected chi connectivity index (χ1v) is 8.64. The maximum Gasteiger partial charge on any atom is 0.348 e. The molecule has 0 atom stereocenters. The quantitative estimate of drug-likeness (QED) is 0.448. The molecule has 2 aliphatic heterocycles. The van der Waals surface area contributed by atoms with Crippen molar-refractivity contribution >= 4 is 18.0 Å². The Hall–Kier alpha value is -2.38. The Balaban J connectivity index is 1.61. The lowest BCUT2D eigenvalue weighted by Gasteiger charge is -2.29. The molecule has 7 heteroatoms. The number of carbonyl (C=O) groups excluding carboxylic acids is 2. The van der Waals surface area contributed by atoms with Crippen molar-refractivity contribution in [3.63, 3.8) is 0 Å². The van der Waals surface area contributed by atoms with E-state index in [-0.39, 0.29) is 5.57 Å². The van der Waals surface area contributed by atoms with E-state index in [1.807, 2.05) is 6.07 Å². The van der Waals surface area contributed by atoms with Crippen LogP contribution in [0.5, 0.6) is 5.75 Å². The Morgan fingerprint density at radius 2 is 1.85 bits per heavy atom. The molecule has 2 fully saturated rings. The van der Waals surface area contributed by atoms with Crippen LogP contribution in [0, 0.1) is 0 Å². The molecule has 0 aliphatic carbocycles. The molecule has 0 saturated carbocycles. The number of nitrogens with zero attached hydrogens (tertiary/aromatic N) is 1. The van der Waals surface area contributed by atoms with Crippen LogP contribution in [-0.2, 0) is 23.8 Å². The normalized spacial score (nSPS) is 20.3. The Kier molecular flexibility index (Phi) is 5.58. The van der Waals surface area contributed by atoms with E-state index >= 15 is 0 Å². The second-order valence-electron chi connectivity index (χ2n) is 6.61. The minimum atomic E-state index is -1.24. The van der Waals surface area contributed by atoms with Gasteiger partial charge in [-0.15, -0.1) is 0 Å². The van der Waals surface area contributed by atoms with Crippen molar-refractivity contribution in [3.8, 4) is 5.75 Å². The minimum absolute atomic E-state index is 0.130. The van der Waals surface area contributed by atoms with Crippen LogP contribution in [0.15, 0.2) is 29.8 Å². The van der Waals surface area contributed by atoms with Gasteiger partial charge in [0.2, 0.25) is 0 Å². The molecule has 0 aromatic heterocycles. The van der Waals surface area contributed by atoms with E-state index in [0.29, 0.717) is 17.9 Å². The predicted molar refractivity (Wildman–Crippen MR) is 93.4 cm³/mol. The summed E-state index contributed by atoms with van der Waals surface area (Å²) in [5.41, 5.74) is 0.535. The van der Waals surface area contributed by atoms with E-state index in [9.17, 15) is 9.59 Å². The van der Waals surface area contributed by atoms with E-state index in [1.54, 1.807) is 18.2 Å². The van der Waals surface area contributed by atoms with Gasteiger partial charge in [0, 0.05) is 33.5 Å². The van der Waals surface area contributed by atoms with E-state index < -0.39 is 17.7 Å². The van der Waals surface area contributed by atoms with Gasteiger partial charge in [-0.05, 0) is 23.8 Å². The van der Waals surface area contributed by atoms with Crippen LogP contribution in [-0.4, -0.2) is 62.1 Å². The van der Waals surface area contributed by atoms with Crippen LogP contribution in [0.3, 0.4) is 0 Å². The third-order valence-corrected chi connectivity index (χ3v) is 4.07. The van der Waals surface area contributed by atoms with E-state index in [4.69, 9.17) is 18.9 Å². The fourth-order valence-corrected chi connectivity index (χ4v) is 2.76. The van der Waals surface area contributed by atoms with Crippen molar-refractivity contribution in [2.24, 2.45) is 0 Å². The molecule has 0 unspecified atom stereocenters. The number of rotatable bonds is 5. The molecule has 1 aromatic carbocycles. The second-order valence-corrected chi connectivity index (χ2v) is 6.61. The monoisotopic (exact) mass is 361 g/mol. The summed E-state index contributed by atoms with van der Waals surface area (Å²) in [5, 5.41) is 0. The Morgan fingerprint density at radius 1 is 1.15 bits per heavy atom. The molecular formula is C19H23NO6. The molecular weight excluding hydrogens is 338 g/mol. The highest BCUT2D eigenvalue weighted by atomic mass is 16.7. The van der Waals surface area contributed by atoms with Gasteiger partial charge >= 0.3 is 11.9 Å². The molecule has 2 aliphatic rings. The lowest BCUT2D eigenvalue weighted by Crippen LogP contribution is -2.41. The topological polar surface area (TPSA) is 74.3 Å². The standard InChI is InChI=1S/C19H23NO6/c1-19(2)25-17(21)16(18(22)26-19)13-14-4-3-5-15(12-14)24-11-8-20-6-9-23-10-7-20/h3-5,12-13H,6-11H2,1-2H3. The smallest absolute Gasteiger partial charge is 0.348 e. The number of benzene rings is 1. The summed E-state index contributed by atoms with van der Waals surface area (Å²) in [4.78, 5) is 26.3. The average molecular weight is 361 g/mol. The van der Waals surface area contributed by atoms with Crippen molar-refractivity contribution in [1.29, 1.82) is 0 Å². The highest BCUT2D eigenvalue weighted by Gasteiger charge is 2.38. The summed E-state index contributed by atoms with van der Waals surface area (Å²) in [6.45, 7) is 7.75. The molecule has 1 aromatic rings. The van der Waals surface area contributed by atoms with Crippen molar-refractivity contribution in [3.05, 3.63) is 35.4 Å².